The predicted octanol–water partition coefficient (Wildman–Crippen LogP) is 12.9. The molecule has 0 radical (unpaired) electrons. The minimum Gasteiger partial charge on any atom is -0.807 e. The molecule has 3 aliphatic rings. The first-order valence-electron chi connectivity index (χ1n) is 19.7. The third kappa shape index (κ3) is 11.0. The van der Waals surface area contributed by atoms with Crippen molar-refractivity contribution in [1.29, 1.82) is 5.26 Å². The van der Waals surface area contributed by atoms with Crippen molar-refractivity contribution < 1.29 is 92.1 Å². The molecule has 3 aliphatic carbocycles. The van der Waals surface area contributed by atoms with Gasteiger partial charge in [-0.2, -0.15) is 16.4 Å². The molecular weight excluding hydrogens is 944 g/mol. The van der Waals surface area contributed by atoms with Gasteiger partial charge in [-0.05, 0) is 40.0 Å². The first-order valence-corrected chi connectivity index (χ1v) is 19.7. The molecule has 340 valence electrons. The molecule has 2 saturated carbocycles. The smallest absolute Gasteiger partial charge is 0.807 e. The monoisotopic (exact) mass is 986 g/mol. The van der Waals surface area contributed by atoms with Crippen molar-refractivity contribution in [2.75, 3.05) is 0 Å². The summed E-state index contributed by atoms with van der Waals surface area (Å²) < 4.78 is 225. The minimum absolute atomic E-state index is 0. The molecule has 2 fully saturated rings. The van der Waals surface area contributed by atoms with Gasteiger partial charge in [-0.1, -0.05) is 102 Å². The van der Waals surface area contributed by atoms with Crippen molar-refractivity contribution in [1.82, 2.24) is 0 Å². The van der Waals surface area contributed by atoms with Crippen LogP contribution < -0.4 is 16.4 Å². The van der Waals surface area contributed by atoms with Gasteiger partial charge in [-0.25, -0.2) is 65.9 Å². The summed E-state index contributed by atoms with van der Waals surface area (Å²) in [7, 11) is 0. The van der Waals surface area contributed by atoms with Crippen LogP contribution in [0.15, 0.2) is 22.2 Å². The normalized spacial score (nSPS) is 15.6. The van der Waals surface area contributed by atoms with Crippen LogP contribution in [0.5, 0.6) is 0 Å². The van der Waals surface area contributed by atoms with E-state index in [4.69, 9.17) is 5.26 Å². The zero-order valence-electron chi connectivity index (χ0n) is 35.7. The van der Waals surface area contributed by atoms with Crippen LogP contribution in [0.25, 0.3) is 5.41 Å². The van der Waals surface area contributed by atoms with Gasteiger partial charge in [0, 0.05) is 5.41 Å². The van der Waals surface area contributed by atoms with Crippen molar-refractivity contribution in [2.24, 2.45) is 10.8 Å². The van der Waals surface area contributed by atoms with Gasteiger partial charge in [0.05, 0.1) is 6.07 Å². The van der Waals surface area contributed by atoms with Crippen LogP contribution in [0.4, 0.5) is 65.9 Å². The molecule has 6 rings (SSSR count). The molecule has 19 heteroatoms. The summed E-state index contributed by atoms with van der Waals surface area (Å²) in [5.41, 5.74) is -13.6. The van der Waals surface area contributed by atoms with Crippen LogP contribution >= 0.6 is 0 Å². The quantitative estimate of drug-likeness (QED) is 0.0826. The predicted molar refractivity (Wildman–Crippen MR) is 208 cm³/mol. The average Bonchev–Trinajstić information content (AvgIpc) is 3.72. The molecule has 0 amide bonds. The average molecular weight is 988 g/mol. The largest absolute Gasteiger partial charge is 4.00 e. The summed E-state index contributed by atoms with van der Waals surface area (Å²) in [6.45, 7) is 11.4. The zero-order valence-corrected chi connectivity index (χ0v) is 38.2. The van der Waals surface area contributed by atoms with Gasteiger partial charge < -0.3 is 5.41 Å². The maximum atomic E-state index is 15.7. The molecule has 3 aromatic carbocycles. The summed E-state index contributed by atoms with van der Waals surface area (Å²) in [6, 6.07) is 2.10. The molecule has 0 unspecified atom stereocenters. The van der Waals surface area contributed by atoms with E-state index in [2.05, 4.69) is 6.07 Å². The standard InChI is InChI=1S/C29H15BF15N.C5H9N.2C5H10.Zr/c1-6-8(7(2)28(46)29(3,4)5)9(6)30(10-13(31)19(37)25(43)20(38)14(10)32,11-15(33)21(39)26(44)22(40)16(11)34)12-17(35)23(41)27(45)24(42)18(12)36;1-5(2,3)4-6;2*1-2-4-5-3-1;/h1-5H3;1-3H3;2*1-5H2;/q-2;;;;+4/b8-7-;;;;. The fourth-order valence-electron chi connectivity index (χ4n) is 7.65. The Bertz CT molecular complexity index is 2070. The number of nitriles is 1. The van der Waals surface area contributed by atoms with Crippen molar-refractivity contribution in [3.63, 3.8) is 0 Å². The molecule has 63 heavy (non-hydrogen) atoms. The van der Waals surface area contributed by atoms with Crippen LogP contribution in [0, 0.1) is 109 Å². The van der Waals surface area contributed by atoms with Gasteiger partial charge in [0.25, 0.3) is 0 Å². The fourth-order valence-corrected chi connectivity index (χ4v) is 7.65. The maximum absolute atomic E-state index is 15.7. The Hall–Kier alpha value is -3.80. The van der Waals surface area contributed by atoms with E-state index in [0.717, 1.165) is 13.8 Å². The second-order valence-corrected chi connectivity index (χ2v) is 17.4. The van der Waals surface area contributed by atoms with Crippen LogP contribution in [0.2, 0.25) is 0 Å². The van der Waals surface area contributed by atoms with E-state index < -0.39 is 143 Å². The van der Waals surface area contributed by atoms with Gasteiger partial charge in [0.2, 0.25) is 0 Å². The molecule has 2 nitrogen and oxygen atoms in total. The topological polar surface area (TPSA) is 46.1 Å². The van der Waals surface area contributed by atoms with E-state index in [1.165, 1.54) is 85.0 Å². The number of halogens is 15. The third-order valence-electron chi connectivity index (χ3n) is 10.7. The molecule has 0 heterocycles. The Labute approximate surface area is 375 Å². The SMILES string of the molecule is C1CCCC1.C1CCCC1.CC(C)(C)C#N.CC1=C([B-](c2c(F)c(F)c(F)c(F)c2F)(c2c(F)c(F)c(F)c(F)c2F)c2c(F)c(F)c(F)c(F)c2F)C/1=C(/C)C(=[N-])C(C)(C)C.[Zr+4]. The van der Waals surface area contributed by atoms with E-state index >= 15 is 26.3 Å². The molecule has 0 bridgehead atoms. The fraction of sp³-hybridized carbons (Fsp3) is 0.455. The van der Waals surface area contributed by atoms with Crippen molar-refractivity contribution >= 4 is 28.2 Å². The summed E-state index contributed by atoms with van der Waals surface area (Å²) in [5, 5.41) is 18.9. The number of hydrogen-bond acceptors (Lipinski definition) is 1. The van der Waals surface area contributed by atoms with E-state index in [1.54, 1.807) is 0 Å². The number of benzene rings is 3. The number of hydrogen-bond donors (Lipinski definition) is 0. The second kappa shape index (κ2) is 21.5. The maximum Gasteiger partial charge on any atom is 4.00 e. The minimum atomic E-state index is -5.86. The van der Waals surface area contributed by atoms with Gasteiger partial charge in [0.1, 0.15) is 41.0 Å². The van der Waals surface area contributed by atoms with Crippen molar-refractivity contribution in [2.45, 2.75) is 120 Å². The zero-order chi connectivity index (χ0) is 47.6. The van der Waals surface area contributed by atoms with Crippen molar-refractivity contribution in [3.8, 4) is 6.07 Å². The van der Waals surface area contributed by atoms with Crippen LogP contribution in [-0.2, 0) is 26.2 Å². The second-order valence-electron chi connectivity index (χ2n) is 17.4. The van der Waals surface area contributed by atoms with E-state index in [9.17, 15) is 44.9 Å². The number of nitrogens with zero attached hydrogens (tertiary/aromatic N) is 2. The van der Waals surface area contributed by atoms with Crippen LogP contribution in [0.3, 0.4) is 0 Å². The first-order chi connectivity index (χ1) is 28.6. The molecule has 0 N–H and O–H groups in total. The summed E-state index contributed by atoms with van der Waals surface area (Å²) in [6.07, 6.45) is 9.14. The molecule has 0 saturated heterocycles. The molecular formula is C44H44BF15N2Zr+2. The van der Waals surface area contributed by atoms with Gasteiger partial charge >= 0.3 is 26.2 Å². The Morgan fingerprint density at radius 1 is 0.460 bits per heavy atom. The van der Waals surface area contributed by atoms with Crippen LogP contribution in [-0.4, -0.2) is 11.9 Å². The Balaban J connectivity index is 0.000000670. The Kier molecular flexibility index (Phi) is 18.8. The number of rotatable bonds is 5. The van der Waals surface area contributed by atoms with Gasteiger partial charge in [-0.3, -0.25) is 0 Å². The van der Waals surface area contributed by atoms with E-state index in [0.29, 0.717) is 0 Å². The molecule has 3 aromatic rings. The summed E-state index contributed by atoms with van der Waals surface area (Å²) in [4.78, 5) is 0. The third-order valence-corrected chi connectivity index (χ3v) is 10.7. The van der Waals surface area contributed by atoms with Gasteiger partial charge in [-0.15, -0.1) is 16.4 Å². The molecule has 0 atom stereocenters. The summed E-state index contributed by atoms with van der Waals surface area (Å²) >= 11 is 0. The van der Waals surface area contributed by atoms with Crippen molar-refractivity contribution in [3.05, 3.63) is 115 Å². The molecule has 0 aliphatic heterocycles. The van der Waals surface area contributed by atoms with E-state index in [-0.39, 0.29) is 31.6 Å². The first kappa shape index (κ1) is 55.3. The Morgan fingerprint density at radius 3 is 0.825 bits per heavy atom. The van der Waals surface area contributed by atoms with Gasteiger partial charge in [0.15, 0.2) is 52.4 Å². The Morgan fingerprint density at radius 2 is 0.651 bits per heavy atom. The van der Waals surface area contributed by atoms with Crippen LogP contribution in [0.1, 0.15) is 120 Å². The number of allylic oxidation sites excluding steroid dienone is 4. The summed E-state index contributed by atoms with van der Waals surface area (Å²) in [5.74, 6) is -46.0. The molecule has 0 spiro atoms. The molecule has 0 aromatic heterocycles. The van der Waals surface area contributed by atoms with E-state index in [1.807, 2.05) is 20.8 Å².